The van der Waals surface area contributed by atoms with Gasteiger partial charge in [-0.2, -0.15) is 0 Å². The summed E-state index contributed by atoms with van der Waals surface area (Å²) in [4.78, 5) is 23.2. The Labute approximate surface area is 138 Å². The number of unbranched alkanes of at least 4 members (excludes halogenated alkanes) is 4. The van der Waals surface area contributed by atoms with E-state index in [1.807, 2.05) is 24.3 Å². The normalized spacial score (nSPS) is 10.2. The Bertz CT molecular complexity index is 472. The van der Waals surface area contributed by atoms with Gasteiger partial charge in [-0.15, -0.1) is 0 Å². The number of carbonyl (C=O) groups is 2. The Hall–Kier alpha value is -2.04. The van der Waals surface area contributed by atoms with Crippen LogP contribution in [0.25, 0.3) is 0 Å². The minimum Gasteiger partial charge on any atom is -0.484 e. The lowest BCUT2D eigenvalue weighted by molar-refractivity contribution is -0.130. The summed E-state index contributed by atoms with van der Waals surface area (Å²) in [5, 5.41) is 0. The van der Waals surface area contributed by atoms with Crippen LogP contribution in [0.4, 0.5) is 0 Å². The van der Waals surface area contributed by atoms with Crippen LogP contribution in [0.1, 0.15) is 57.9 Å². The molecule has 0 saturated carbocycles. The van der Waals surface area contributed by atoms with Gasteiger partial charge in [-0.1, -0.05) is 51.7 Å². The number of rotatable bonds is 10. The van der Waals surface area contributed by atoms with Gasteiger partial charge in [0.05, 0.1) is 0 Å². The molecule has 0 bridgehead atoms. The van der Waals surface area contributed by atoms with Gasteiger partial charge >= 0.3 is 0 Å². The molecule has 0 aromatic heterocycles. The molecule has 128 valence electrons. The summed E-state index contributed by atoms with van der Waals surface area (Å²) in [6.45, 7) is 4.11. The van der Waals surface area contributed by atoms with E-state index in [0.29, 0.717) is 12.2 Å². The van der Waals surface area contributed by atoms with Crippen molar-refractivity contribution in [2.45, 2.75) is 58.8 Å². The second-order valence-corrected chi connectivity index (χ2v) is 5.55. The van der Waals surface area contributed by atoms with Crippen molar-refractivity contribution in [3.63, 3.8) is 0 Å². The quantitative estimate of drug-likeness (QED) is 0.514. The van der Waals surface area contributed by atoms with Crippen LogP contribution in [0, 0.1) is 0 Å². The number of hydrogen-bond donors (Lipinski definition) is 2. The first-order chi connectivity index (χ1) is 11.2. The zero-order valence-corrected chi connectivity index (χ0v) is 14.2. The van der Waals surface area contributed by atoms with E-state index in [4.69, 9.17) is 4.74 Å². The summed E-state index contributed by atoms with van der Waals surface area (Å²) < 4.78 is 5.36. The standard InChI is InChI=1S/C18H28N2O3/c1-3-5-6-7-8-9-17(21)19-20-18(22)14-23-16-12-10-15(4-2)11-13-16/h10-13H,3-9,14H2,1-2H3,(H,19,21)(H,20,22). The van der Waals surface area contributed by atoms with E-state index in [0.717, 1.165) is 25.7 Å². The van der Waals surface area contributed by atoms with Crippen LogP contribution in [0.2, 0.25) is 0 Å². The summed E-state index contributed by atoms with van der Waals surface area (Å²) in [6.07, 6.45) is 6.84. The third-order valence-corrected chi connectivity index (χ3v) is 3.55. The first-order valence-corrected chi connectivity index (χ1v) is 8.45. The molecule has 0 spiro atoms. The van der Waals surface area contributed by atoms with E-state index in [1.54, 1.807) is 0 Å². The average Bonchev–Trinajstić information content (AvgIpc) is 2.58. The maximum Gasteiger partial charge on any atom is 0.276 e. The van der Waals surface area contributed by atoms with Crippen LogP contribution >= 0.6 is 0 Å². The van der Waals surface area contributed by atoms with Crippen LogP contribution in [0.15, 0.2) is 24.3 Å². The van der Waals surface area contributed by atoms with E-state index >= 15 is 0 Å². The highest BCUT2D eigenvalue weighted by molar-refractivity contribution is 5.82. The Balaban J connectivity index is 2.12. The molecule has 2 amide bonds. The molecule has 5 heteroatoms. The number of amides is 2. The van der Waals surface area contributed by atoms with Crippen LogP contribution in [-0.4, -0.2) is 18.4 Å². The molecule has 1 aromatic carbocycles. The summed E-state index contributed by atoms with van der Waals surface area (Å²) >= 11 is 0. The van der Waals surface area contributed by atoms with Gasteiger partial charge in [0.2, 0.25) is 5.91 Å². The van der Waals surface area contributed by atoms with Gasteiger partial charge in [0.1, 0.15) is 5.75 Å². The predicted octanol–water partition coefficient (Wildman–Crippen LogP) is 3.14. The molecule has 0 saturated heterocycles. The highest BCUT2D eigenvalue weighted by atomic mass is 16.5. The van der Waals surface area contributed by atoms with Crippen molar-refractivity contribution in [2.75, 3.05) is 6.61 Å². The molecule has 0 aliphatic rings. The first-order valence-electron chi connectivity index (χ1n) is 8.45. The lowest BCUT2D eigenvalue weighted by atomic mass is 10.1. The first kappa shape index (κ1) is 19.0. The molecule has 0 atom stereocenters. The summed E-state index contributed by atoms with van der Waals surface area (Å²) in [6, 6.07) is 7.60. The molecule has 0 heterocycles. The van der Waals surface area contributed by atoms with Crippen molar-refractivity contribution in [2.24, 2.45) is 0 Å². The molecular formula is C18H28N2O3. The highest BCUT2D eigenvalue weighted by Gasteiger charge is 2.05. The van der Waals surface area contributed by atoms with E-state index < -0.39 is 0 Å². The van der Waals surface area contributed by atoms with Gasteiger partial charge in [0.15, 0.2) is 6.61 Å². The topological polar surface area (TPSA) is 67.4 Å². The fourth-order valence-corrected chi connectivity index (χ4v) is 2.10. The number of ether oxygens (including phenoxy) is 1. The van der Waals surface area contributed by atoms with Crippen molar-refractivity contribution in [1.82, 2.24) is 10.9 Å². The predicted molar refractivity (Wildman–Crippen MR) is 91.0 cm³/mol. The van der Waals surface area contributed by atoms with Gasteiger partial charge < -0.3 is 4.74 Å². The van der Waals surface area contributed by atoms with Gasteiger partial charge in [-0.3, -0.25) is 20.4 Å². The Morgan fingerprint density at radius 2 is 1.57 bits per heavy atom. The molecule has 5 nitrogen and oxygen atoms in total. The molecular weight excluding hydrogens is 292 g/mol. The highest BCUT2D eigenvalue weighted by Crippen LogP contribution is 2.12. The van der Waals surface area contributed by atoms with E-state index in [-0.39, 0.29) is 18.4 Å². The van der Waals surface area contributed by atoms with Gasteiger partial charge in [0.25, 0.3) is 5.91 Å². The molecule has 1 rings (SSSR count). The largest absolute Gasteiger partial charge is 0.484 e. The van der Waals surface area contributed by atoms with Gasteiger partial charge in [-0.25, -0.2) is 0 Å². The Morgan fingerprint density at radius 3 is 2.22 bits per heavy atom. The third kappa shape index (κ3) is 8.86. The molecule has 23 heavy (non-hydrogen) atoms. The zero-order valence-electron chi connectivity index (χ0n) is 14.2. The summed E-state index contributed by atoms with van der Waals surface area (Å²) in [7, 11) is 0. The van der Waals surface area contributed by atoms with Crippen molar-refractivity contribution in [3.8, 4) is 5.75 Å². The molecule has 1 aromatic rings. The maximum absolute atomic E-state index is 11.6. The minimum atomic E-state index is -0.371. The van der Waals surface area contributed by atoms with E-state index in [2.05, 4.69) is 24.7 Å². The maximum atomic E-state index is 11.6. The van der Waals surface area contributed by atoms with Crippen molar-refractivity contribution in [1.29, 1.82) is 0 Å². The monoisotopic (exact) mass is 320 g/mol. The number of carbonyl (C=O) groups excluding carboxylic acids is 2. The second kappa shape index (κ2) is 11.5. The molecule has 0 unspecified atom stereocenters. The Kier molecular flexibility index (Phi) is 9.52. The molecule has 0 radical (unpaired) electrons. The zero-order chi connectivity index (χ0) is 16.9. The SMILES string of the molecule is CCCCCCCC(=O)NNC(=O)COc1ccc(CC)cc1. The Morgan fingerprint density at radius 1 is 0.913 bits per heavy atom. The minimum absolute atomic E-state index is 0.123. The number of hydrogen-bond acceptors (Lipinski definition) is 3. The fraction of sp³-hybridized carbons (Fsp3) is 0.556. The number of nitrogens with one attached hydrogen (secondary N) is 2. The lowest BCUT2D eigenvalue weighted by Gasteiger charge is -2.09. The third-order valence-electron chi connectivity index (χ3n) is 3.55. The summed E-state index contributed by atoms with van der Waals surface area (Å²) in [5.74, 6) is 0.102. The smallest absolute Gasteiger partial charge is 0.276 e. The second-order valence-electron chi connectivity index (χ2n) is 5.55. The molecule has 2 N–H and O–H groups in total. The molecule has 0 aliphatic heterocycles. The van der Waals surface area contributed by atoms with Crippen molar-refractivity contribution >= 4 is 11.8 Å². The van der Waals surface area contributed by atoms with Crippen LogP contribution in [-0.2, 0) is 16.0 Å². The molecule has 0 fully saturated rings. The van der Waals surface area contributed by atoms with Gasteiger partial charge in [-0.05, 0) is 30.5 Å². The van der Waals surface area contributed by atoms with Crippen LogP contribution in [0.3, 0.4) is 0 Å². The number of aryl methyl sites for hydroxylation is 1. The summed E-state index contributed by atoms with van der Waals surface area (Å²) in [5.41, 5.74) is 5.99. The van der Waals surface area contributed by atoms with E-state index in [9.17, 15) is 9.59 Å². The number of benzene rings is 1. The van der Waals surface area contributed by atoms with Crippen molar-refractivity contribution < 1.29 is 14.3 Å². The van der Waals surface area contributed by atoms with Gasteiger partial charge in [0, 0.05) is 6.42 Å². The van der Waals surface area contributed by atoms with Crippen molar-refractivity contribution in [3.05, 3.63) is 29.8 Å². The average molecular weight is 320 g/mol. The van der Waals surface area contributed by atoms with E-state index in [1.165, 1.54) is 18.4 Å². The molecule has 0 aliphatic carbocycles. The number of hydrazine groups is 1. The lowest BCUT2D eigenvalue weighted by Crippen LogP contribution is -2.43. The fourth-order valence-electron chi connectivity index (χ4n) is 2.10. The van der Waals surface area contributed by atoms with Crippen LogP contribution < -0.4 is 15.6 Å². The van der Waals surface area contributed by atoms with Crippen LogP contribution in [0.5, 0.6) is 5.75 Å².